The number of hydrogen-bond donors (Lipinski definition) is 0. The van der Waals surface area contributed by atoms with E-state index in [0.717, 1.165) is 12.5 Å². The van der Waals surface area contributed by atoms with Crippen LogP contribution in [-0.4, -0.2) is 24.7 Å². The van der Waals surface area contributed by atoms with Crippen molar-refractivity contribution < 1.29 is 14.3 Å². The van der Waals surface area contributed by atoms with Crippen molar-refractivity contribution in [2.24, 2.45) is 5.92 Å². The summed E-state index contributed by atoms with van der Waals surface area (Å²) in [6, 6.07) is 3.32. The van der Waals surface area contributed by atoms with Crippen LogP contribution < -0.4 is 4.74 Å². The van der Waals surface area contributed by atoms with Crippen molar-refractivity contribution in [2.45, 2.75) is 12.8 Å². The van der Waals surface area contributed by atoms with Crippen molar-refractivity contribution in [1.29, 1.82) is 0 Å². The van der Waals surface area contributed by atoms with E-state index in [0.29, 0.717) is 17.7 Å². The molecule has 0 radical (unpaired) electrons. The first kappa shape index (κ1) is 10.1. The third-order valence-electron chi connectivity index (χ3n) is 2.24. The summed E-state index contributed by atoms with van der Waals surface area (Å²) in [4.78, 5) is 14.2. The molecule has 1 aromatic heterocycles. The lowest BCUT2D eigenvalue weighted by Gasteiger charge is -2.05. The second-order valence-electron chi connectivity index (χ2n) is 3.61. The Kier molecular flexibility index (Phi) is 3.29. The average Bonchev–Trinajstić information content (AvgIpc) is 3.09. The van der Waals surface area contributed by atoms with Crippen LogP contribution in [0.5, 0.6) is 5.75 Å². The zero-order valence-corrected chi connectivity index (χ0v) is 8.39. The van der Waals surface area contributed by atoms with Crippen LogP contribution in [0.2, 0.25) is 0 Å². The fraction of sp³-hybridized carbons (Fsp3) is 0.455. The molecule has 1 heterocycles. The third-order valence-corrected chi connectivity index (χ3v) is 2.24. The summed E-state index contributed by atoms with van der Waals surface area (Å²) in [6.07, 6.45) is 4.77. The summed E-state index contributed by atoms with van der Waals surface area (Å²) in [5.74, 6) is 1.36. The number of nitrogens with zero attached hydrogens (tertiary/aromatic N) is 1. The van der Waals surface area contributed by atoms with E-state index >= 15 is 0 Å². The second-order valence-corrected chi connectivity index (χ2v) is 3.61. The molecule has 0 unspecified atom stereocenters. The lowest BCUT2D eigenvalue weighted by atomic mass is 10.4. The molecular weight excluding hydrogens is 194 g/mol. The number of aldehydes is 1. The van der Waals surface area contributed by atoms with Crippen LogP contribution in [0.25, 0.3) is 0 Å². The minimum absolute atomic E-state index is 0.249. The summed E-state index contributed by atoms with van der Waals surface area (Å²) in [5.41, 5.74) is 0.404. The lowest BCUT2D eigenvalue weighted by Crippen LogP contribution is -2.05. The molecule has 0 aromatic carbocycles. The highest BCUT2D eigenvalue weighted by Gasteiger charge is 2.20. The molecule has 4 heteroatoms. The van der Waals surface area contributed by atoms with Gasteiger partial charge in [-0.1, -0.05) is 0 Å². The first-order chi connectivity index (χ1) is 7.38. The number of carbonyl (C=O) groups is 1. The fourth-order valence-electron chi connectivity index (χ4n) is 1.16. The second kappa shape index (κ2) is 4.89. The van der Waals surface area contributed by atoms with E-state index in [4.69, 9.17) is 9.47 Å². The van der Waals surface area contributed by atoms with E-state index in [2.05, 4.69) is 4.98 Å². The van der Waals surface area contributed by atoms with E-state index < -0.39 is 0 Å². The first-order valence-electron chi connectivity index (χ1n) is 5.00. The molecule has 1 aliphatic carbocycles. The molecule has 0 spiro atoms. The van der Waals surface area contributed by atoms with Crippen molar-refractivity contribution >= 4 is 6.29 Å². The van der Waals surface area contributed by atoms with E-state index in [1.807, 2.05) is 0 Å². The first-order valence-corrected chi connectivity index (χ1v) is 5.00. The Hall–Kier alpha value is -1.42. The molecular formula is C11H13NO3. The van der Waals surface area contributed by atoms with Gasteiger partial charge in [-0.2, -0.15) is 0 Å². The van der Waals surface area contributed by atoms with Gasteiger partial charge in [0.2, 0.25) is 0 Å². The SMILES string of the molecule is O=Cc1ccc(OCOCC2CC2)cn1. The summed E-state index contributed by atoms with van der Waals surface area (Å²) in [6.45, 7) is 1.03. The van der Waals surface area contributed by atoms with Gasteiger partial charge in [0.05, 0.1) is 12.8 Å². The number of hydrogen-bond acceptors (Lipinski definition) is 4. The van der Waals surface area contributed by atoms with Crippen LogP contribution >= 0.6 is 0 Å². The van der Waals surface area contributed by atoms with Crippen LogP contribution in [0.3, 0.4) is 0 Å². The minimum atomic E-state index is 0.249. The topological polar surface area (TPSA) is 48.4 Å². The monoisotopic (exact) mass is 207 g/mol. The van der Waals surface area contributed by atoms with Gasteiger partial charge in [0.1, 0.15) is 11.4 Å². The number of rotatable bonds is 6. The standard InChI is InChI=1S/C11H13NO3/c13-6-10-3-4-11(5-12-10)15-8-14-7-9-1-2-9/h3-6,9H,1-2,7-8H2. The van der Waals surface area contributed by atoms with Gasteiger partial charge in [0.25, 0.3) is 0 Å². The van der Waals surface area contributed by atoms with Crippen molar-refractivity contribution in [2.75, 3.05) is 13.4 Å². The Morgan fingerprint density at radius 1 is 1.47 bits per heavy atom. The summed E-state index contributed by atoms with van der Waals surface area (Å²) in [5, 5.41) is 0. The van der Waals surface area contributed by atoms with Crippen molar-refractivity contribution in [3.8, 4) is 5.75 Å². The molecule has 1 saturated carbocycles. The summed E-state index contributed by atoms with van der Waals surface area (Å²) >= 11 is 0. The normalized spacial score (nSPS) is 14.9. The van der Waals surface area contributed by atoms with Gasteiger partial charge < -0.3 is 9.47 Å². The molecule has 2 rings (SSSR count). The lowest BCUT2D eigenvalue weighted by molar-refractivity contribution is 0.00978. The molecule has 15 heavy (non-hydrogen) atoms. The number of aromatic nitrogens is 1. The van der Waals surface area contributed by atoms with Crippen molar-refractivity contribution in [1.82, 2.24) is 4.98 Å². The highest BCUT2D eigenvalue weighted by molar-refractivity contribution is 5.71. The highest BCUT2D eigenvalue weighted by Crippen LogP contribution is 2.28. The molecule has 0 bridgehead atoms. The molecule has 80 valence electrons. The predicted molar refractivity (Wildman–Crippen MR) is 53.8 cm³/mol. The molecule has 0 amide bonds. The van der Waals surface area contributed by atoms with Crippen LogP contribution in [0.15, 0.2) is 18.3 Å². The highest BCUT2D eigenvalue weighted by atomic mass is 16.7. The van der Waals surface area contributed by atoms with Gasteiger partial charge in [0.15, 0.2) is 13.1 Å². The van der Waals surface area contributed by atoms with Gasteiger partial charge in [-0.3, -0.25) is 4.79 Å². The quantitative estimate of drug-likeness (QED) is 0.404. The predicted octanol–water partition coefficient (Wildman–Crippen LogP) is 1.66. The molecule has 0 N–H and O–H groups in total. The molecule has 1 fully saturated rings. The van der Waals surface area contributed by atoms with Crippen LogP contribution in [0, 0.1) is 5.92 Å². The van der Waals surface area contributed by atoms with Gasteiger partial charge in [-0.25, -0.2) is 4.98 Å². The largest absolute Gasteiger partial charge is 0.466 e. The Labute approximate surface area is 88.2 Å². The van der Waals surface area contributed by atoms with E-state index in [1.54, 1.807) is 12.1 Å². The maximum absolute atomic E-state index is 10.3. The maximum atomic E-state index is 10.3. The summed E-state index contributed by atoms with van der Waals surface area (Å²) < 4.78 is 10.6. The fourth-order valence-corrected chi connectivity index (χ4v) is 1.16. The number of ether oxygens (including phenoxy) is 2. The Bertz CT molecular complexity index is 319. The van der Waals surface area contributed by atoms with Gasteiger partial charge >= 0.3 is 0 Å². The molecule has 1 aliphatic rings. The number of pyridine rings is 1. The Morgan fingerprint density at radius 3 is 2.93 bits per heavy atom. The maximum Gasteiger partial charge on any atom is 0.189 e. The van der Waals surface area contributed by atoms with Crippen LogP contribution in [0.4, 0.5) is 0 Å². The zero-order valence-electron chi connectivity index (χ0n) is 8.39. The molecule has 0 aliphatic heterocycles. The van der Waals surface area contributed by atoms with Crippen molar-refractivity contribution in [3.63, 3.8) is 0 Å². The van der Waals surface area contributed by atoms with E-state index in [-0.39, 0.29) is 6.79 Å². The van der Waals surface area contributed by atoms with E-state index in [1.165, 1.54) is 19.0 Å². The third kappa shape index (κ3) is 3.32. The zero-order chi connectivity index (χ0) is 10.5. The summed E-state index contributed by atoms with van der Waals surface area (Å²) in [7, 11) is 0. The van der Waals surface area contributed by atoms with Gasteiger partial charge in [0, 0.05) is 0 Å². The average molecular weight is 207 g/mol. The molecule has 4 nitrogen and oxygen atoms in total. The Morgan fingerprint density at radius 2 is 2.33 bits per heavy atom. The van der Waals surface area contributed by atoms with Gasteiger partial charge in [-0.05, 0) is 30.9 Å². The van der Waals surface area contributed by atoms with E-state index in [9.17, 15) is 4.79 Å². The number of carbonyl (C=O) groups excluding carboxylic acids is 1. The van der Waals surface area contributed by atoms with Crippen LogP contribution in [-0.2, 0) is 4.74 Å². The van der Waals surface area contributed by atoms with Crippen molar-refractivity contribution in [3.05, 3.63) is 24.0 Å². The molecule has 1 aromatic rings. The minimum Gasteiger partial charge on any atom is -0.466 e. The van der Waals surface area contributed by atoms with Crippen LogP contribution in [0.1, 0.15) is 23.3 Å². The smallest absolute Gasteiger partial charge is 0.189 e. The molecule has 0 atom stereocenters. The van der Waals surface area contributed by atoms with Gasteiger partial charge in [-0.15, -0.1) is 0 Å². The molecule has 0 saturated heterocycles. The Balaban J connectivity index is 1.69.